The van der Waals surface area contributed by atoms with Gasteiger partial charge in [0.15, 0.2) is 0 Å². The summed E-state index contributed by atoms with van der Waals surface area (Å²) < 4.78 is 0. The zero-order valence-electron chi connectivity index (χ0n) is 9.57. The Hall–Kier alpha value is -1.94. The van der Waals surface area contributed by atoms with E-state index in [1.165, 1.54) is 6.08 Å². The van der Waals surface area contributed by atoms with Crippen LogP contribution < -0.4 is 0 Å². The number of fused-ring (bicyclic) bond motifs is 2. The summed E-state index contributed by atoms with van der Waals surface area (Å²) in [7, 11) is 0. The van der Waals surface area contributed by atoms with E-state index in [0.29, 0.717) is 12.8 Å². The van der Waals surface area contributed by atoms with Crippen LogP contribution in [0, 0.1) is 23.2 Å². The van der Waals surface area contributed by atoms with Crippen molar-refractivity contribution < 1.29 is 24.6 Å². The lowest BCUT2D eigenvalue weighted by atomic mass is 9.71. The third kappa shape index (κ3) is 1.75. The van der Waals surface area contributed by atoms with Crippen molar-refractivity contribution in [3.8, 4) is 0 Å². The first-order valence-electron chi connectivity index (χ1n) is 5.70. The summed E-state index contributed by atoms with van der Waals surface area (Å²) in [6, 6.07) is 0. The van der Waals surface area contributed by atoms with Crippen molar-refractivity contribution in [2.75, 3.05) is 6.54 Å². The molecule has 18 heavy (non-hydrogen) atoms. The van der Waals surface area contributed by atoms with Crippen LogP contribution in [0.25, 0.3) is 0 Å². The molecular formula is C12H13NO5. The molecule has 2 rings (SSSR count). The molecule has 4 atom stereocenters. The Morgan fingerprint density at radius 3 is 2.67 bits per heavy atom. The number of allylic oxidation sites excluding steroid dienone is 2. The SMILES string of the molecule is O=C=NCCC12C=CC(C1)C(C(=O)O)C2C(=O)O. The van der Waals surface area contributed by atoms with Gasteiger partial charge in [0, 0.05) is 5.41 Å². The Morgan fingerprint density at radius 1 is 1.39 bits per heavy atom. The third-order valence-corrected chi connectivity index (χ3v) is 4.04. The second-order valence-electron chi connectivity index (χ2n) is 4.86. The third-order valence-electron chi connectivity index (χ3n) is 4.04. The summed E-state index contributed by atoms with van der Waals surface area (Å²) in [5, 5.41) is 18.4. The number of aliphatic carboxylic acids is 2. The maximum Gasteiger partial charge on any atom is 0.308 e. The Bertz CT molecular complexity index is 465. The van der Waals surface area contributed by atoms with Crippen LogP contribution in [0.15, 0.2) is 17.1 Å². The van der Waals surface area contributed by atoms with Gasteiger partial charge in [-0.25, -0.2) is 9.79 Å². The summed E-state index contributed by atoms with van der Waals surface area (Å²) in [6.45, 7) is 0.177. The van der Waals surface area contributed by atoms with Gasteiger partial charge in [-0.3, -0.25) is 9.59 Å². The topological polar surface area (TPSA) is 104 Å². The van der Waals surface area contributed by atoms with Crippen LogP contribution in [-0.2, 0) is 14.4 Å². The second-order valence-corrected chi connectivity index (χ2v) is 4.86. The first kappa shape index (κ1) is 12.5. The molecule has 0 amide bonds. The minimum atomic E-state index is -1.09. The van der Waals surface area contributed by atoms with Crippen LogP contribution in [0.1, 0.15) is 12.8 Å². The zero-order valence-corrected chi connectivity index (χ0v) is 9.57. The largest absolute Gasteiger partial charge is 0.481 e. The monoisotopic (exact) mass is 251 g/mol. The van der Waals surface area contributed by atoms with Gasteiger partial charge < -0.3 is 10.2 Å². The van der Waals surface area contributed by atoms with E-state index >= 15 is 0 Å². The fraction of sp³-hybridized carbons (Fsp3) is 0.583. The van der Waals surface area contributed by atoms with Crippen LogP contribution in [0.5, 0.6) is 0 Å². The summed E-state index contributed by atoms with van der Waals surface area (Å²) in [5.41, 5.74) is -0.681. The number of isocyanates is 1. The van der Waals surface area contributed by atoms with Crippen LogP contribution in [0.4, 0.5) is 0 Å². The molecular weight excluding hydrogens is 238 g/mol. The molecule has 1 saturated carbocycles. The molecule has 0 aliphatic heterocycles. The quantitative estimate of drug-likeness (QED) is 0.425. The van der Waals surface area contributed by atoms with Crippen LogP contribution in [0.3, 0.4) is 0 Å². The molecule has 2 aliphatic carbocycles. The predicted octanol–water partition coefficient (Wildman–Crippen LogP) is 0.690. The number of carboxylic acids is 2. The molecule has 0 aromatic rings. The smallest absolute Gasteiger partial charge is 0.308 e. The summed E-state index contributed by atoms with van der Waals surface area (Å²) in [5.74, 6) is -4.22. The van der Waals surface area contributed by atoms with Crippen molar-refractivity contribution >= 4 is 18.0 Å². The van der Waals surface area contributed by atoms with Crippen LogP contribution in [0.2, 0.25) is 0 Å². The summed E-state index contributed by atoms with van der Waals surface area (Å²) in [4.78, 5) is 36.0. The molecule has 0 radical (unpaired) electrons. The van der Waals surface area contributed by atoms with E-state index in [-0.39, 0.29) is 12.5 Å². The minimum absolute atomic E-state index is 0.177. The van der Waals surface area contributed by atoms with Crippen molar-refractivity contribution in [3.05, 3.63) is 12.2 Å². The standard InChI is InChI=1S/C12H13NO5/c14-6-13-4-3-12-2-1-7(5-12)8(10(15)16)9(12)11(17)18/h1-2,7-9H,3-5H2,(H,15,16)(H,17,18). The van der Waals surface area contributed by atoms with Gasteiger partial charge >= 0.3 is 11.9 Å². The van der Waals surface area contributed by atoms with E-state index in [1.54, 1.807) is 12.2 Å². The van der Waals surface area contributed by atoms with Crippen molar-refractivity contribution in [3.63, 3.8) is 0 Å². The molecule has 0 aromatic carbocycles. The van der Waals surface area contributed by atoms with E-state index in [4.69, 9.17) is 5.11 Å². The Morgan fingerprint density at radius 2 is 2.11 bits per heavy atom. The average Bonchev–Trinajstić information content (AvgIpc) is 2.84. The van der Waals surface area contributed by atoms with E-state index in [0.717, 1.165) is 0 Å². The molecule has 2 aliphatic rings. The fourth-order valence-electron chi connectivity index (χ4n) is 3.35. The Kier molecular flexibility index (Phi) is 3.05. The zero-order chi connectivity index (χ0) is 13.3. The van der Waals surface area contributed by atoms with Gasteiger partial charge in [-0.2, -0.15) is 0 Å². The molecule has 96 valence electrons. The summed E-state index contributed by atoms with van der Waals surface area (Å²) in [6.07, 6.45) is 5.86. The number of hydrogen-bond donors (Lipinski definition) is 2. The first-order valence-corrected chi connectivity index (χ1v) is 5.70. The van der Waals surface area contributed by atoms with Crippen molar-refractivity contribution in [2.45, 2.75) is 12.8 Å². The lowest BCUT2D eigenvalue weighted by molar-refractivity contribution is -0.156. The van der Waals surface area contributed by atoms with Crippen molar-refractivity contribution in [1.29, 1.82) is 0 Å². The molecule has 4 unspecified atom stereocenters. The molecule has 0 spiro atoms. The number of rotatable bonds is 5. The lowest BCUT2D eigenvalue weighted by Gasteiger charge is -2.31. The lowest BCUT2D eigenvalue weighted by Crippen LogP contribution is -2.38. The van der Waals surface area contributed by atoms with Gasteiger partial charge in [-0.1, -0.05) is 12.2 Å². The normalized spacial score (nSPS) is 36.3. The molecule has 0 aromatic heterocycles. The second kappa shape index (κ2) is 4.38. The highest BCUT2D eigenvalue weighted by atomic mass is 16.4. The van der Waals surface area contributed by atoms with Crippen molar-refractivity contribution in [1.82, 2.24) is 0 Å². The van der Waals surface area contributed by atoms with Gasteiger partial charge in [0.2, 0.25) is 6.08 Å². The Labute approximate surface area is 103 Å². The molecule has 6 nitrogen and oxygen atoms in total. The van der Waals surface area contributed by atoms with Gasteiger partial charge in [-0.15, -0.1) is 0 Å². The summed E-state index contributed by atoms with van der Waals surface area (Å²) >= 11 is 0. The average molecular weight is 251 g/mol. The predicted molar refractivity (Wildman–Crippen MR) is 59.5 cm³/mol. The molecule has 6 heteroatoms. The highest BCUT2D eigenvalue weighted by Gasteiger charge is 2.60. The minimum Gasteiger partial charge on any atom is -0.481 e. The van der Waals surface area contributed by atoms with Gasteiger partial charge in [-0.05, 0) is 18.8 Å². The maximum atomic E-state index is 11.3. The molecule has 2 bridgehead atoms. The van der Waals surface area contributed by atoms with Crippen LogP contribution in [-0.4, -0.2) is 34.8 Å². The number of carboxylic acid groups (broad SMARTS) is 2. The molecule has 1 fully saturated rings. The van der Waals surface area contributed by atoms with E-state index in [1.807, 2.05) is 0 Å². The number of hydrogen-bond acceptors (Lipinski definition) is 4. The number of carbonyl (C=O) groups excluding carboxylic acids is 1. The van der Waals surface area contributed by atoms with Gasteiger partial charge in [0.25, 0.3) is 0 Å². The molecule has 0 saturated heterocycles. The molecule has 0 heterocycles. The number of nitrogens with zero attached hydrogens (tertiary/aromatic N) is 1. The highest BCUT2D eigenvalue weighted by Crippen LogP contribution is 2.58. The number of aliphatic imine (C=N–C) groups is 1. The fourth-order valence-corrected chi connectivity index (χ4v) is 3.35. The van der Waals surface area contributed by atoms with E-state index in [2.05, 4.69) is 4.99 Å². The highest BCUT2D eigenvalue weighted by molar-refractivity contribution is 5.83. The molecule has 2 N–H and O–H groups in total. The maximum absolute atomic E-state index is 11.3. The van der Waals surface area contributed by atoms with Crippen molar-refractivity contribution in [2.24, 2.45) is 28.2 Å². The van der Waals surface area contributed by atoms with E-state index < -0.39 is 29.2 Å². The van der Waals surface area contributed by atoms with Gasteiger partial charge in [0.1, 0.15) is 0 Å². The van der Waals surface area contributed by atoms with Gasteiger partial charge in [0.05, 0.1) is 18.4 Å². The first-order chi connectivity index (χ1) is 8.52. The Balaban J connectivity index is 2.29. The number of carbonyl (C=O) groups is 2. The van der Waals surface area contributed by atoms with Crippen LogP contribution >= 0.6 is 0 Å². The van der Waals surface area contributed by atoms with E-state index in [9.17, 15) is 19.5 Å².